The van der Waals surface area contributed by atoms with Crippen molar-refractivity contribution in [2.75, 3.05) is 26.7 Å². The third-order valence-corrected chi connectivity index (χ3v) is 4.82. The Morgan fingerprint density at radius 1 is 1.24 bits per heavy atom. The van der Waals surface area contributed by atoms with E-state index in [2.05, 4.69) is 31.2 Å². The molecule has 2 aliphatic heterocycles. The molecule has 2 atom stereocenters. The van der Waals surface area contributed by atoms with Crippen molar-refractivity contribution in [3.8, 4) is 0 Å². The summed E-state index contributed by atoms with van der Waals surface area (Å²) >= 11 is 0. The maximum atomic E-state index is 12.5. The van der Waals surface area contributed by atoms with Crippen molar-refractivity contribution >= 4 is 11.8 Å². The Labute approximate surface area is 125 Å². The van der Waals surface area contributed by atoms with Crippen LogP contribution in [0.1, 0.15) is 29.9 Å². The molecule has 2 aliphatic rings. The highest BCUT2D eigenvalue weighted by Crippen LogP contribution is 2.31. The fourth-order valence-corrected chi connectivity index (χ4v) is 3.55. The van der Waals surface area contributed by atoms with E-state index in [0.29, 0.717) is 18.9 Å². The predicted octanol–water partition coefficient (Wildman–Crippen LogP) is 1.79. The van der Waals surface area contributed by atoms with Gasteiger partial charge in [-0.2, -0.15) is 0 Å². The molecule has 4 heteroatoms. The van der Waals surface area contributed by atoms with E-state index in [4.69, 9.17) is 0 Å². The maximum absolute atomic E-state index is 12.5. The van der Waals surface area contributed by atoms with Gasteiger partial charge in [0.1, 0.15) is 0 Å². The van der Waals surface area contributed by atoms with Gasteiger partial charge in [0.25, 0.3) is 0 Å². The van der Waals surface area contributed by atoms with Crippen LogP contribution in [0.5, 0.6) is 0 Å². The minimum atomic E-state index is -0.141. The minimum Gasteiger partial charge on any atom is -0.345 e. The molecule has 2 saturated heterocycles. The van der Waals surface area contributed by atoms with Crippen molar-refractivity contribution in [3.63, 3.8) is 0 Å². The van der Waals surface area contributed by atoms with Crippen molar-refractivity contribution in [3.05, 3.63) is 35.4 Å². The van der Waals surface area contributed by atoms with Crippen LogP contribution in [0.15, 0.2) is 24.3 Å². The Bertz CT molecular complexity index is 570. The molecule has 1 aromatic carbocycles. The number of hydrogen-bond donors (Lipinski definition) is 0. The Kier molecular flexibility index (Phi) is 3.70. The van der Waals surface area contributed by atoms with E-state index in [9.17, 15) is 9.59 Å². The average Bonchev–Trinajstić information content (AvgIpc) is 3.07. The number of rotatable bonds is 2. The van der Waals surface area contributed by atoms with Crippen LogP contribution in [0.4, 0.5) is 0 Å². The van der Waals surface area contributed by atoms with Crippen molar-refractivity contribution < 1.29 is 9.59 Å². The minimum absolute atomic E-state index is 0.0861. The van der Waals surface area contributed by atoms with E-state index < -0.39 is 0 Å². The highest BCUT2D eigenvalue weighted by Gasteiger charge is 2.37. The number of carbonyl (C=O) groups excluding carboxylic acids is 2. The van der Waals surface area contributed by atoms with Gasteiger partial charge in [0, 0.05) is 39.0 Å². The van der Waals surface area contributed by atoms with E-state index >= 15 is 0 Å². The van der Waals surface area contributed by atoms with Gasteiger partial charge in [-0.3, -0.25) is 9.59 Å². The van der Waals surface area contributed by atoms with Crippen LogP contribution >= 0.6 is 0 Å². The molecule has 3 rings (SSSR count). The van der Waals surface area contributed by atoms with E-state index in [-0.39, 0.29) is 17.7 Å². The summed E-state index contributed by atoms with van der Waals surface area (Å²) in [5, 5.41) is 0. The predicted molar refractivity (Wildman–Crippen MR) is 80.9 cm³/mol. The molecule has 2 heterocycles. The molecular formula is C17H22N2O2. The molecule has 0 radical (unpaired) electrons. The number of aryl methyl sites for hydroxylation is 1. The fourth-order valence-electron chi connectivity index (χ4n) is 3.55. The third-order valence-electron chi connectivity index (χ3n) is 4.82. The summed E-state index contributed by atoms with van der Waals surface area (Å²) in [6, 6.07) is 8.42. The summed E-state index contributed by atoms with van der Waals surface area (Å²) < 4.78 is 0. The molecule has 112 valence electrons. The molecular weight excluding hydrogens is 264 g/mol. The molecule has 4 nitrogen and oxygen atoms in total. The summed E-state index contributed by atoms with van der Waals surface area (Å²) in [6.45, 7) is 4.30. The number of amides is 2. The number of carbonyl (C=O) groups is 2. The highest BCUT2D eigenvalue weighted by atomic mass is 16.2. The average molecular weight is 286 g/mol. The van der Waals surface area contributed by atoms with Crippen molar-refractivity contribution in [2.45, 2.75) is 25.7 Å². The van der Waals surface area contributed by atoms with Gasteiger partial charge >= 0.3 is 0 Å². The Morgan fingerprint density at radius 2 is 2.00 bits per heavy atom. The van der Waals surface area contributed by atoms with E-state index in [1.165, 1.54) is 11.1 Å². The Balaban J connectivity index is 1.66. The van der Waals surface area contributed by atoms with Gasteiger partial charge < -0.3 is 9.80 Å². The first-order chi connectivity index (χ1) is 10.1. The molecule has 1 aromatic rings. The lowest BCUT2D eigenvalue weighted by atomic mass is 9.94. The summed E-state index contributed by atoms with van der Waals surface area (Å²) in [7, 11) is 1.77. The lowest BCUT2D eigenvalue weighted by molar-refractivity contribution is -0.134. The fraction of sp³-hybridized carbons (Fsp3) is 0.529. The van der Waals surface area contributed by atoms with Gasteiger partial charge in [-0.05, 0) is 24.5 Å². The highest BCUT2D eigenvalue weighted by molar-refractivity contribution is 5.89. The molecule has 0 N–H and O–H groups in total. The molecule has 2 fully saturated rings. The van der Waals surface area contributed by atoms with Gasteiger partial charge in [0.05, 0.1) is 5.92 Å². The number of likely N-dealkylation sites (tertiary alicyclic amines) is 2. The lowest BCUT2D eigenvalue weighted by Crippen LogP contribution is -2.35. The third kappa shape index (κ3) is 2.67. The number of benzene rings is 1. The molecule has 2 amide bonds. The van der Waals surface area contributed by atoms with Gasteiger partial charge in [-0.1, -0.05) is 24.3 Å². The van der Waals surface area contributed by atoms with Crippen LogP contribution in [0, 0.1) is 12.8 Å². The Hall–Kier alpha value is -1.84. The van der Waals surface area contributed by atoms with E-state index in [1.54, 1.807) is 11.9 Å². The zero-order chi connectivity index (χ0) is 15.0. The molecule has 0 aliphatic carbocycles. The van der Waals surface area contributed by atoms with Crippen LogP contribution in [0.3, 0.4) is 0 Å². The zero-order valence-electron chi connectivity index (χ0n) is 12.7. The van der Waals surface area contributed by atoms with Crippen LogP contribution in [-0.2, 0) is 9.59 Å². The summed E-state index contributed by atoms with van der Waals surface area (Å²) in [5.74, 6) is 0.537. The van der Waals surface area contributed by atoms with Crippen molar-refractivity contribution in [2.24, 2.45) is 5.92 Å². The van der Waals surface area contributed by atoms with Crippen LogP contribution in [0.2, 0.25) is 0 Å². The normalized spacial score (nSPS) is 25.7. The Morgan fingerprint density at radius 3 is 2.67 bits per heavy atom. The zero-order valence-corrected chi connectivity index (χ0v) is 12.7. The largest absolute Gasteiger partial charge is 0.345 e. The van der Waals surface area contributed by atoms with Gasteiger partial charge in [-0.15, -0.1) is 0 Å². The maximum Gasteiger partial charge on any atom is 0.228 e. The van der Waals surface area contributed by atoms with Crippen LogP contribution in [-0.4, -0.2) is 48.3 Å². The summed E-state index contributed by atoms with van der Waals surface area (Å²) in [5.41, 5.74) is 2.65. The molecule has 0 bridgehead atoms. The first kappa shape index (κ1) is 14.1. The number of nitrogens with zero attached hydrogens (tertiary/aromatic N) is 2. The van der Waals surface area contributed by atoms with E-state index in [0.717, 1.165) is 19.5 Å². The monoisotopic (exact) mass is 286 g/mol. The second-order valence-corrected chi connectivity index (χ2v) is 6.30. The first-order valence-electron chi connectivity index (χ1n) is 7.64. The first-order valence-corrected chi connectivity index (χ1v) is 7.64. The van der Waals surface area contributed by atoms with Gasteiger partial charge in [0.15, 0.2) is 0 Å². The van der Waals surface area contributed by atoms with Gasteiger partial charge in [0.2, 0.25) is 11.8 Å². The SMILES string of the molecule is Cc1ccccc1[C@@H]1CCN(C(=O)[C@@H]2CC(=O)N(C)C2)C1. The van der Waals surface area contributed by atoms with Crippen LogP contribution < -0.4 is 0 Å². The summed E-state index contributed by atoms with van der Waals surface area (Å²) in [6.07, 6.45) is 1.40. The summed E-state index contributed by atoms with van der Waals surface area (Å²) in [4.78, 5) is 27.8. The molecule has 21 heavy (non-hydrogen) atoms. The van der Waals surface area contributed by atoms with Crippen LogP contribution in [0.25, 0.3) is 0 Å². The number of hydrogen-bond acceptors (Lipinski definition) is 2. The smallest absolute Gasteiger partial charge is 0.228 e. The van der Waals surface area contributed by atoms with E-state index in [1.807, 2.05) is 4.90 Å². The molecule has 0 unspecified atom stereocenters. The second-order valence-electron chi connectivity index (χ2n) is 6.30. The quantitative estimate of drug-likeness (QED) is 0.831. The topological polar surface area (TPSA) is 40.6 Å². The lowest BCUT2D eigenvalue weighted by Gasteiger charge is -2.20. The molecule has 0 spiro atoms. The molecule has 0 saturated carbocycles. The van der Waals surface area contributed by atoms with Gasteiger partial charge in [-0.25, -0.2) is 0 Å². The van der Waals surface area contributed by atoms with Crippen molar-refractivity contribution in [1.82, 2.24) is 9.80 Å². The second kappa shape index (κ2) is 5.51. The van der Waals surface area contributed by atoms with Crippen molar-refractivity contribution in [1.29, 1.82) is 0 Å². The molecule has 0 aromatic heterocycles. The standard InChI is InChI=1S/C17H22N2O2/c1-12-5-3-4-6-15(12)13-7-8-19(11-13)17(21)14-9-16(20)18(2)10-14/h3-6,13-14H,7-11H2,1-2H3/t13-,14-/m1/s1.